The lowest BCUT2D eigenvalue weighted by Gasteiger charge is -2.26. The third-order valence-corrected chi connectivity index (χ3v) is 3.28. The summed E-state index contributed by atoms with van der Waals surface area (Å²) in [5, 5.41) is 14.0. The molecule has 1 unspecified atom stereocenters. The van der Waals surface area contributed by atoms with Gasteiger partial charge in [-0.2, -0.15) is 0 Å². The van der Waals surface area contributed by atoms with E-state index in [4.69, 9.17) is 4.74 Å². The lowest BCUT2D eigenvalue weighted by atomic mass is 9.90. The second-order valence-corrected chi connectivity index (χ2v) is 5.83. The highest BCUT2D eigenvalue weighted by atomic mass is 16.5. The van der Waals surface area contributed by atoms with Gasteiger partial charge in [-0.15, -0.1) is 0 Å². The summed E-state index contributed by atoms with van der Waals surface area (Å²) in [4.78, 5) is 0. The van der Waals surface area contributed by atoms with Gasteiger partial charge < -0.3 is 15.2 Å². The van der Waals surface area contributed by atoms with Crippen molar-refractivity contribution >= 4 is 0 Å². The van der Waals surface area contributed by atoms with Gasteiger partial charge in [0.15, 0.2) is 0 Å². The van der Waals surface area contributed by atoms with Crippen molar-refractivity contribution in [2.75, 3.05) is 20.2 Å². The van der Waals surface area contributed by atoms with Crippen LogP contribution in [0.1, 0.15) is 38.3 Å². The molecule has 0 bridgehead atoms. The summed E-state index contributed by atoms with van der Waals surface area (Å²) in [6.45, 7) is 9.99. The van der Waals surface area contributed by atoms with Crippen LogP contribution in [0.2, 0.25) is 0 Å². The summed E-state index contributed by atoms with van der Waals surface area (Å²) < 4.78 is 5.35. The molecule has 0 fully saturated rings. The molecule has 0 saturated heterocycles. The van der Waals surface area contributed by atoms with E-state index in [2.05, 4.69) is 19.2 Å². The van der Waals surface area contributed by atoms with Crippen LogP contribution in [0.5, 0.6) is 5.75 Å². The first-order valence-electron chi connectivity index (χ1n) is 6.95. The van der Waals surface area contributed by atoms with Gasteiger partial charge in [-0.1, -0.05) is 25.5 Å². The Kier molecular flexibility index (Phi) is 5.83. The number of aliphatic hydroxyl groups is 1. The SMILES string of the molecule is COc1ccc(C)cc1C(C)(O)CCNCC(C)C. The zero-order chi connectivity index (χ0) is 14.5. The van der Waals surface area contributed by atoms with Gasteiger partial charge in [-0.3, -0.25) is 0 Å². The molecule has 108 valence electrons. The fourth-order valence-corrected chi connectivity index (χ4v) is 2.10. The Bertz CT molecular complexity index is 400. The normalized spacial score (nSPS) is 14.5. The van der Waals surface area contributed by atoms with Crippen molar-refractivity contribution in [3.8, 4) is 5.75 Å². The number of ether oxygens (including phenoxy) is 1. The maximum Gasteiger partial charge on any atom is 0.124 e. The van der Waals surface area contributed by atoms with E-state index in [-0.39, 0.29) is 0 Å². The summed E-state index contributed by atoms with van der Waals surface area (Å²) in [6.07, 6.45) is 0.666. The molecule has 1 aromatic rings. The van der Waals surface area contributed by atoms with E-state index in [1.807, 2.05) is 32.0 Å². The number of nitrogens with one attached hydrogen (secondary N) is 1. The lowest BCUT2D eigenvalue weighted by Crippen LogP contribution is -2.30. The van der Waals surface area contributed by atoms with E-state index in [1.165, 1.54) is 0 Å². The molecule has 0 aliphatic carbocycles. The van der Waals surface area contributed by atoms with Crippen LogP contribution in [0.4, 0.5) is 0 Å². The minimum atomic E-state index is -0.874. The Morgan fingerprint density at radius 3 is 2.63 bits per heavy atom. The number of rotatable bonds is 7. The molecule has 0 radical (unpaired) electrons. The average molecular weight is 265 g/mol. The molecule has 0 saturated carbocycles. The molecule has 0 aliphatic rings. The average Bonchev–Trinajstić information content (AvgIpc) is 2.34. The second kappa shape index (κ2) is 6.92. The van der Waals surface area contributed by atoms with E-state index >= 15 is 0 Å². The molecule has 1 rings (SSSR count). The number of benzene rings is 1. The van der Waals surface area contributed by atoms with Crippen LogP contribution in [0.25, 0.3) is 0 Å². The van der Waals surface area contributed by atoms with Crippen LogP contribution in [0.15, 0.2) is 18.2 Å². The van der Waals surface area contributed by atoms with Crippen LogP contribution in [0.3, 0.4) is 0 Å². The van der Waals surface area contributed by atoms with Gasteiger partial charge in [0.1, 0.15) is 5.75 Å². The van der Waals surface area contributed by atoms with E-state index in [0.29, 0.717) is 12.3 Å². The standard InChI is InChI=1S/C16H27NO2/c1-12(2)11-17-9-8-16(4,18)14-10-13(3)6-7-15(14)19-5/h6-7,10,12,17-18H,8-9,11H2,1-5H3. The fourth-order valence-electron chi connectivity index (χ4n) is 2.10. The lowest BCUT2D eigenvalue weighted by molar-refractivity contribution is 0.0453. The maximum absolute atomic E-state index is 10.7. The van der Waals surface area contributed by atoms with E-state index in [0.717, 1.165) is 30.0 Å². The van der Waals surface area contributed by atoms with E-state index < -0.39 is 5.60 Å². The fraction of sp³-hybridized carbons (Fsp3) is 0.625. The van der Waals surface area contributed by atoms with Crippen LogP contribution in [0, 0.1) is 12.8 Å². The third-order valence-electron chi connectivity index (χ3n) is 3.28. The van der Waals surface area contributed by atoms with Crippen molar-refractivity contribution in [1.29, 1.82) is 0 Å². The Labute approximate surface area is 117 Å². The van der Waals surface area contributed by atoms with Crippen molar-refractivity contribution in [2.24, 2.45) is 5.92 Å². The molecule has 0 aromatic heterocycles. The molecule has 1 aromatic carbocycles. The van der Waals surface area contributed by atoms with Gasteiger partial charge in [0.25, 0.3) is 0 Å². The Morgan fingerprint density at radius 1 is 1.37 bits per heavy atom. The largest absolute Gasteiger partial charge is 0.496 e. The highest BCUT2D eigenvalue weighted by molar-refractivity contribution is 5.40. The molecule has 2 N–H and O–H groups in total. The van der Waals surface area contributed by atoms with Gasteiger partial charge >= 0.3 is 0 Å². The summed E-state index contributed by atoms with van der Waals surface area (Å²) in [7, 11) is 1.64. The Balaban J connectivity index is 2.73. The van der Waals surface area contributed by atoms with Gasteiger partial charge in [-0.25, -0.2) is 0 Å². The van der Waals surface area contributed by atoms with Gasteiger partial charge in [-0.05, 0) is 51.4 Å². The molecule has 19 heavy (non-hydrogen) atoms. The highest BCUT2D eigenvalue weighted by Gasteiger charge is 2.26. The van der Waals surface area contributed by atoms with Crippen molar-refractivity contribution in [3.63, 3.8) is 0 Å². The minimum Gasteiger partial charge on any atom is -0.496 e. The molecule has 0 amide bonds. The van der Waals surface area contributed by atoms with Crippen LogP contribution in [-0.2, 0) is 5.60 Å². The zero-order valence-electron chi connectivity index (χ0n) is 12.8. The predicted octanol–water partition coefficient (Wildman–Crippen LogP) is 2.85. The van der Waals surface area contributed by atoms with Crippen LogP contribution in [-0.4, -0.2) is 25.3 Å². The Hall–Kier alpha value is -1.06. The molecule has 3 nitrogen and oxygen atoms in total. The summed E-state index contributed by atoms with van der Waals surface area (Å²) in [5.41, 5.74) is 1.12. The molecular formula is C16H27NO2. The van der Waals surface area contributed by atoms with Gasteiger partial charge in [0.2, 0.25) is 0 Å². The molecule has 0 spiro atoms. The van der Waals surface area contributed by atoms with Crippen molar-refractivity contribution in [2.45, 2.75) is 39.7 Å². The first kappa shape index (κ1) is 16.0. The molecule has 1 atom stereocenters. The molecular weight excluding hydrogens is 238 g/mol. The molecule has 0 heterocycles. The predicted molar refractivity (Wildman–Crippen MR) is 79.6 cm³/mol. The van der Waals surface area contributed by atoms with Gasteiger partial charge in [0.05, 0.1) is 12.7 Å². The number of hydrogen-bond donors (Lipinski definition) is 2. The molecule has 3 heteroatoms. The van der Waals surface area contributed by atoms with Crippen LogP contribution < -0.4 is 10.1 Å². The Morgan fingerprint density at radius 2 is 2.05 bits per heavy atom. The summed E-state index contributed by atoms with van der Waals surface area (Å²) >= 11 is 0. The minimum absolute atomic E-state index is 0.624. The topological polar surface area (TPSA) is 41.5 Å². The van der Waals surface area contributed by atoms with Crippen LogP contribution >= 0.6 is 0 Å². The summed E-state index contributed by atoms with van der Waals surface area (Å²) in [6, 6.07) is 5.91. The maximum atomic E-state index is 10.7. The van der Waals surface area contributed by atoms with Crippen molar-refractivity contribution < 1.29 is 9.84 Å². The van der Waals surface area contributed by atoms with Crippen molar-refractivity contribution in [1.82, 2.24) is 5.32 Å². The quantitative estimate of drug-likeness (QED) is 0.745. The summed E-state index contributed by atoms with van der Waals surface area (Å²) in [5.74, 6) is 1.37. The third kappa shape index (κ3) is 4.84. The number of aryl methyl sites for hydroxylation is 1. The van der Waals surface area contributed by atoms with E-state index in [1.54, 1.807) is 7.11 Å². The van der Waals surface area contributed by atoms with E-state index in [9.17, 15) is 5.11 Å². The smallest absolute Gasteiger partial charge is 0.124 e. The highest BCUT2D eigenvalue weighted by Crippen LogP contribution is 2.32. The first-order chi connectivity index (χ1) is 8.86. The first-order valence-corrected chi connectivity index (χ1v) is 6.95. The number of hydrogen-bond acceptors (Lipinski definition) is 3. The van der Waals surface area contributed by atoms with Gasteiger partial charge in [0, 0.05) is 5.56 Å². The second-order valence-electron chi connectivity index (χ2n) is 5.83. The van der Waals surface area contributed by atoms with Crippen molar-refractivity contribution in [3.05, 3.63) is 29.3 Å². The monoisotopic (exact) mass is 265 g/mol. The molecule has 0 aliphatic heterocycles. The number of methoxy groups -OCH3 is 1. The zero-order valence-corrected chi connectivity index (χ0v) is 12.8.